The van der Waals surface area contributed by atoms with Crippen molar-refractivity contribution in [1.82, 2.24) is 10.2 Å². The summed E-state index contributed by atoms with van der Waals surface area (Å²) in [7, 11) is 4.78. The molecule has 0 fully saturated rings. The Bertz CT molecular complexity index is 913. The van der Waals surface area contributed by atoms with Crippen molar-refractivity contribution in [3.05, 3.63) is 53.6 Å². The first-order chi connectivity index (χ1) is 15.8. The maximum absolute atomic E-state index is 13.3. The van der Waals surface area contributed by atoms with Crippen LogP contribution in [0.4, 0.5) is 0 Å². The first-order valence-electron chi connectivity index (χ1n) is 11.3. The van der Waals surface area contributed by atoms with Crippen LogP contribution >= 0.6 is 0 Å². The average Bonchev–Trinajstić information content (AvgIpc) is 2.85. The molecule has 2 aromatic carbocycles. The number of hydrogen-bond acceptors (Lipinski definition) is 5. The van der Waals surface area contributed by atoms with E-state index in [1.54, 1.807) is 33.2 Å². The molecule has 2 atom stereocenters. The van der Waals surface area contributed by atoms with Crippen molar-refractivity contribution in [2.24, 2.45) is 0 Å². The molecule has 7 heteroatoms. The van der Waals surface area contributed by atoms with Crippen LogP contribution in [0.2, 0.25) is 0 Å². The smallest absolute Gasteiger partial charge is 0.242 e. The Morgan fingerprint density at radius 3 is 2.12 bits per heavy atom. The van der Waals surface area contributed by atoms with Crippen LogP contribution in [0.25, 0.3) is 0 Å². The van der Waals surface area contributed by atoms with E-state index >= 15 is 0 Å². The van der Waals surface area contributed by atoms with Gasteiger partial charge in [0.25, 0.3) is 0 Å². The van der Waals surface area contributed by atoms with Crippen molar-refractivity contribution in [2.75, 3.05) is 21.3 Å². The molecule has 0 aromatic heterocycles. The third kappa shape index (κ3) is 7.41. The van der Waals surface area contributed by atoms with Gasteiger partial charge in [0.1, 0.15) is 11.8 Å². The van der Waals surface area contributed by atoms with E-state index in [-0.39, 0.29) is 24.3 Å². The molecule has 0 unspecified atom stereocenters. The van der Waals surface area contributed by atoms with E-state index in [0.717, 1.165) is 23.3 Å². The molecule has 0 heterocycles. The number of hydrogen-bond donors (Lipinski definition) is 1. The topological polar surface area (TPSA) is 77.1 Å². The highest BCUT2D eigenvalue weighted by atomic mass is 16.5. The monoisotopic (exact) mass is 456 g/mol. The largest absolute Gasteiger partial charge is 0.497 e. The molecule has 180 valence electrons. The molecular weight excluding hydrogens is 420 g/mol. The van der Waals surface area contributed by atoms with E-state index in [1.807, 2.05) is 56.3 Å². The van der Waals surface area contributed by atoms with Crippen LogP contribution in [0, 0.1) is 0 Å². The normalized spacial score (nSPS) is 12.4. The van der Waals surface area contributed by atoms with Crippen LogP contribution in [0.5, 0.6) is 17.2 Å². The summed E-state index contributed by atoms with van der Waals surface area (Å²) in [6.07, 6.45) is 1.62. The quantitative estimate of drug-likeness (QED) is 0.523. The first-order valence-corrected chi connectivity index (χ1v) is 11.3. The number of nitrogens with one attached hydrogen (secondary N) is 1. The van der Waals surface area contributed by atoms with E-state index in [0.29, 0.717) is 24.5 Å². The molecule has 2 aromatic rings. The van der Waals surface area contributed by atoms with Crippen molar-refractivity contribution in [2.45, 2.75) is 58.7 Å². The van der Waals surface area contributed by atoms with Gasteiger partial charge in [-0.3, -0.25) is 9.59 Å². The van der Waals surface area contributed by atoms with Gasteiger partial charge in [-0.15, -0.1) is 0 Å². The van der Waals surface area contributed by atoms with Gasteiger partial charge in [0.2, 0.25) is 11.8 Å². The van der Waals surface area contributed by atoms with Crippen molar-refractivity contribution < 1.29 is 23.8 Å². The summed E-state index contributed by atoms with van der Waals surface area (Å²) >= 11 is 0. The van der Waals surface area contributed by atoms with Crippen LogP contribution in [0.1, 0.15) is 44.7 Å². The second kappa shape index (κ2) is 12.7. The Balaban J connectivity index is 2.18. The molecule has 0 bridgehead atoms. The van der Waals surface area contributed by atoms with Crippen molar-refractivity contribution >= 4 is 11.8 Å². The van der Waals surface area contributed by atoms with Crippen LogP contribution in [0.15, 0.2) is 42.5 Å². The SMILES string of the molecule is CC[C@H](C)NC(=O)[C@H](C)N(Cc1ccc(OC)cc1)C(=O)CCc1ccc(OC)c(OC)c1. The second-order valence-corrected chi connectivity index (χ2v) is 8.05. The summed E-state index contributed by atoms with van der Waals surface area (Å²) in [6, 6.07) is 12.6. The fourth-order valence-corrected chi connectivity index (χ4v) is 3.41. The number of ether oxygens (including phenoxy) is 3. The molecule has 0 radical (unpaired) electrons. The third-order valence-electron chi connectivity index (χ3n) is 5.76. The summed E-state index contributed by atoms with van der Waals surface area (Å²) in [5, 5.41) is 2.99. The molecule has 0 aliphatic heterocycles. The Morgan fingerprint density at radius 2 is 1.55 bits per heavy atom. The minimum Gasteiger partial charge on any atom is -0.497 e. The Hall–Kier alpha value is -3.22. The number of amides is 2. The predicted octanol–water partition coefficient (Wildman–Crippen LogP) is 3.98. The van der Waals surface area contributed by atoms with Gasteiger partial charge in [-0.1, -0.05) is 25.1 Å². The standard InChI is InChI=1S/C26H36N2O5/c1-7-18(2)27-26(30)19(3)28(17-21-8-12-22(31-4)13-9-21)25(29)15-11-20-10-14-23(32-5)24(16-20)33-6/h8-10,12-14,16,18-19H,7,11,15,17H2,1-6H3,(H,27,30)/t18-,19-/m0/s1. The van der Waals surface area contributed by atoms with Gasteiger partial charge in [0.05, 0.1) is 21.3 Å². The van der Waals surface area contributed by atoms with E-state index in [4.69, 9.17) is 14.2 Å². The number of carbonyl (C=O) groups is 2. The summed E-state index contributed by atoms with van der Waals surface area (Å²) < 4.78 is 15.9. The highest BCUT2D eigenvalue weighted by Gasteiger charge is 2.26. The van der Waals surface area contributed by atoms with Gasteiger partial charge in [-0.05, 0) is 62.1 Å². The van der Waals surface area contributed by atoms with E-state index in [9.17, 15) is 9.59 Å². The van der Waals surface area contributed by atoms with E-state index < -0.39 is 6.04 Å². The maximum Gasteiger partial charge on any atom is 0.242 e. The van der Waals surface area contributed by atoms with Gasteiger partial charge in [-0.2, -0.15) is 0 Å². The lowest BCUT2D eigenvalue weighted by atomic mass is 10.1. The minimum absolute atomic E-state index is 0.0460. The van der Waals surface area contributed by atoms with Crippen LogP contribution in [-0.2, 0) is 22.6 Å². The van der Waals surface area contributed by atoms with Gasteiger partial charge >= 0.3 is 0 Å². The maximum atomic E-state index is 13.3. The number of carbonyl (C=O) groups excluding carboxylic acids is 2. The fraction of sp³-hybridized carbons (Fsp3) is 0.462. The number of aryl methyl sites for hydroxylation is 1. The average molecular weight is 457 g/mol. The van der Waals surface area contributed by atoms with Gasteiger partial charge in [0, 0.05) is 19.0 Å². The number of nitrogens with zero attached hydrogens (tertiary/aromatic N) is 1. The molecular formula is C26H36N2O5. The Labute approximate surface area is 197 Å². The number of methoxy groups -OCH3 is 3. The van der Waals surface area contributed by atoms with Gasteiger partial charge in [0.15, 0.2) is 11.5 Å². The molecule has 2 amide bonds. The molecule has 2 rings (SSSR count). The summed E-state index contributed by atoms with van der Waals surface area (Å²) in [5.41, 5.74) is 1.89. The lowest BCUT2D eigenvalue weighted by molar-refractivity contribution is -0.140. The lowest BCUT2D eigenvalue weighted by Crippen LogP contribution is -2.49. The summed E-state index contributed by atoms with van der Waals surface area (Å²) in [5.74, 6) is 1.76. The van der Waals surface area contributed by atoms with Crippen LogP contribution in [-0.4, -0.2) is 50.1 Å². The Kier molecular flexibility index (Phi) is 10.0. The highest BCUT2D eigenvalue weighted by molar-refractivity contribution is 5.87. The molecule has 1 N–H and O–H groups in total. The molecule has 0 saturated heterocycles. The molecule has 0 aliphatic rings. The third-order valence-corrected chi connectivity index (χ3v) is 5.76. The van der Waals surface area contributed by atoms with Crippen LogP contribution < -0.4 is 19.5 Å². The predicted molar refractivity (Wildman–Crippen MR) is 129 cm³/mol. The Morgan fingerprint density at radius 1 is 0.909 bits per heavy atom. The number of benzene rings is 2. The van der Waals surface area contributed by atoms with E-state index in [1.165, 1.54) is 0 Å². The van der Waals surface area contributed by atoms with Crippen molar-refractivity contribution in [3.63, 3.8) is 0 Å². The van der Waals surface area contributed by atoms with Crippen molar-refractivity contribution in [3.8, 4) is 17.2 Å². The molecule has 0 spiro atoms. The zero-order chi connectivity index (χ0) is 24.4. The second-order valence-electron chi connectivity index (χ2n) is 8.05. The van der Waals surface area contributed by atoms with Gasteiger partial charge < -0.3 is 24.4 Å². The van der Waals surface area contributed by atoms with Crippen molar-refractivity contribution in [1.29, 1.82) is 0 Å². The summed E-state index contributed by atoms with van der Waals surface area (Å²) in [4.78, 5) is 27.7. The minimum atomic E-state index is -0.598. The zero-order valence-electron chi connectivity index (χ0n) is 20.5. The first kappa shape index (κ1) is 26.0. The van der Waals surface area contributed by atoms with Crippen LogP contribution in [0.3, 0.4) is 0 Å². The highest BCUT2D eigenvalue weighted by Crippen LogP contribution is 2.28. The van der Waals surface area contributed by atoms with E-state index in [2.05, 4.69) is 5.32 Å². The molecule has 33 heavy (non-hydrogen) atoms. The molecule has 0 saturated carbocycles. The zero-order valence-corrected chi connectivity index (χ0v) is 20.5. The lowest BCUT2D eigenvalue weighted by Gasteiger charge is -2.30. The fourth-order valence-electron chi connectivity index (χ4n) is 3.41. The summed E-state index contributed by atoms with van der Waals surface area (Å²) in [6.45, 7) is 6.08. The number of rotatable bonds is 12. The molecule has 0 aliphatic carbocycles. The van der Waals surface area contributed by atoms with Gasteiger partial charge in [-0.25, -0.2) is 0 Å². The molecule has 7 nitrogen and oxygen atoms in total.